The number of carbonyl (C=O) groups is 1. The Hall–Kier alpha value is -0.610. The summed E-state index contributed by atoms with van der Waals surface area (Å²) in [5.41, 5.74) is 0. The fourth-order valence-corrected chi connectivity index (χ4v) is 3.32. The zero-order chi connectivity index (χ0) is 13.1. The minimum Gasteiger partial charge on any atom is -0.385 e. The lowest BCUT2D eigenvalue weighted by Crippen LogP contribution is -2.47. The summed E-state index contributed by atoms with van der Waals surface area (Å²) in [5, 5.41) is 3.49. The molecule has 0 radical (unpaired) electrons. The molecule has 4 heteroatoms. The topological polar surface area (TPSA) is 41.6 Å². The molecule has 0 aromatic carbocycles. The Kier molecular flexibility index (Phi) is 4.62. The molecule has 3 unspecified atom stereocenters. The van der Waals surface area contributed by atoms with Crippen molar-refractivity contribution < 1.29 is 9.53 Å². The van der Waals surface area contributed by atoms with Crippen LogP contribution in [0.5, 0.6) is 0 Å². The zero-order valence-corrected chi connectivity index (χ0v) is 11.8. The number of carbonyl (C=O) groups excluding carboxylic acids is 1. The van der Waals surface area contributed by atoms with E-state index in [1.165, 1.54) is 25.7 Å². The molecule has 0 spiro atoms. The van der Waals surface area contributed by atoms with Crippen LogP contribution in [0.15, 0.2) is 0 Å². The van der Waals surface area contributed by atoms with Crippen molar-refractivity contribution >= 4 is 5.91 Å². The summed E-state index contributed by atoms with van der Waals surface area (Å²) in [6.07, 6.45) is 6.30. The highest BCUT2D eigenvalue weighted by Crippen LogP contribution is 2.33. The van der Waals surface area contributed by atoms with E-state index in [1.54, 1.807) is 7.11 Å². The van der Waals surface area contributed by atoms with Gasteiger partial charge in [-0.1, -0.05) is 12.8 Å². The van der Waals surface area contributed by atoms with Crippen LogP contribution < -0.4 is 5.32 Å². The lowest BCUT2D eigenvalue weighted by Gasteiger charge is -2.33. The van der Waals surface area contributed by atoms with Gasteiger partial charge in [-0.15, -0.1) is 0 Å². The number of ether oxygens (including phenoxy) is 1. The van der Waals surface area contributed by atoms with Gasteiger partial charge in [-0.3, -0.25) is 10.1 Å². The van der Waals surface area contributed by atoms with Gasteiger partial charge in [0.2, 0.25) is 5.91 Å². The van der Waals surface area contributed by atoms with Crippen LogP contribution in [0.1, 0.15) is 46.0 Å². The molecule has 0 bridgehead atoms. The van der Waals surface area contributed by atoms with Crippen LogP contribution in [0, 0.1) is 5.92 Å². The highest BCUT2D eigenvalue weighted by atomic mass is 16.5. The molecule has 1 saturated heterocycles. The predicted octanol–water partition coefficient (Wildman–Crippen LogP) is 1.75. The molecular formula is C14H26N2O2. The van der Waals surface area contributed by atoms with Gasteiger partial charge in [-0.2, -0.15) is 0 Å². The quantitative estimate of drug-likeness (QED) is 0.812. The molecular weight excluding hydrogens is 228 g/mol. The third kappa shape index (κ3) is 2.69. The van der Waals surface area contributed by atoms with Crippen LogP contribution in [0.4, 0.5) is 0 Å². The van der Waals surface area contributed by atoms with E-state index in [9.17, 15) is 4.79 Å². The smallest absolute Gasteiger partial charge is 0.240 e. The number of methoxy groups -OCH3 is 1. The maximum Gasteiger partial charge on any atom is 0.240 e. The maximum atomic E-state index is 12.3. The van der Waals surface area contributed by atoms with Crippen LogP contribution >= 0.6 is 0 Å². The van der Waals surface area contributed by atoms with E-state index in [4.69, 9.17) is 4.74 Å². The van der Waals surface area contributed by atoms with Gasteiger partial charge in [0.15, 0.2) is 0 Å². The summed E-state index contributed by atoms with van der Waals surface area (Å²) in [4.78, 5) is 14.4. The molecule has 104 valence electrons. The van der Waals surface area contributed by atoms with Gasteiger partial charge in [0, 0.05) is 19.8 Å². The standard InChI is InChI=1S/C14H26N2O2/c1-10(8-9-18-3)16-13(12-6-4-5-7-12)15-11(2)14(16)17/h10-13,15H,4-9H2,1-3H3. The second-order valence-electron chi connectivity index (χ2n) is 5.75. The van der Waals surface area contributed by atoms with Crippen molar-refractivity contribution in [1.82, 2.24) is 10.2 Å². The Morgan fingerprint density at radius 1 is 1.44 bits per heavy atom. The second-order valence-corrected chi connectivity index (χ2v) is 5.75. The van der Waals surface area contributed by atoms with Crippen LogP contribution in [-0.4, -0.2) is 42.8 Å². The van der Waals surface area contributed by atoms with Crippen molar-refractivity contribution in [2.75, 3.05) is 13.7 Å². The lowest BCUT2D eigenvalue weighted by atomic mass is 10.0. The summed E-state index contributed by atoms with van der Waals surface area (Å²) in [6.45, 7) is 4.84. The summed E-state index contributed by atoms with van der Waals surface area (Å²) in [7, 11) is 1.72. The van der Waals surface area contributed by atoms with Crippen molar-refractivity contribution in [3.63, 3.8) is 0 Å². The van der Waals surface area contributed by atoms with Crippen LogP contribution in [0.3, 0.4) is 0 Å². The Bertz CT molecular complexity index is 290. The van der Waals surface area contributed by atoms with Crippen molar-refractivity contribution in [3.8, 4) is 0 Å². The van der Waals surface area contributed by atoms with Gasteiger partial charge in [0.25, 0.3) is 0 Å². The summed E-state index contributed by atoms with van der Waals surface area (Å²) >= 11 is 0. The third-order valence-electron chi connectivity index (χ3n) is 4.41. The Labute approximate surface area is 110 Å². The van der Waals surface area contributed by atoms with Gasteiger partial charge < -0.3 is 9.64 Å². The Morgan fingerprint density at radius 2 is 2.11 bits per heavy atom. The maximum absolute atomic E-state index is 12.3. The lowest BCUT2D eigenvalue weighted by molar-refractivity contribution is -0.132. The highest BCUT2D eigenvalue weighted by molar-refractivity contribution is 5.84. The SMILES string of the molecule is COCCC(C)N1C(=O)C(C)NC1C1CCCC1. The molecule has 1 amide bonds. The predicted molar refractivity (Wildman–Crippen MR) is 71.1 cm³/mol. The van der Waals surface area contributed by atoms with Gasteiger partial charge in [0.1, 0.15) is 0 Å². The number of amides is 1. The first kappa shape index (κ1) is 13.8. The van der Waals surface area contributed by atoms with E-state index < -0.39 is 0 Å². The number of hydrogen-bond donors (Lipinski definition) is 1. The first-order chi connectivity index (χ1) is 8.65. The van der Waals surface area contributed by atoms with Crippen molar-refractivity contribution in [3.05, 3.63) is 0 Å². The fraction of sp³-hybridized carbons (Fsp3) is 0.929. The number of nitrogens with one attached hydrogen (secondary N) is 1. The molecule has 1 aliphatic heterocycles. The molecule has 3 atom stereocenters. The molecule has 1 saturated carbocycles. The zero-order valence-electron chi connectivity index (χ0n) is 11.8. The van der Waals surface area contributed by atoms with E-state index >= 15 is 0 Å². The van der Waals surface area contributed by atoms with Crippen LogP contribution in [0.2, 0.25) is 0 Å². The average Bonchev–Trinajstić information content (AvgIpc) is 2.96. The monoisotopic (exact) mass is 254 g/mol. The van der Waals surface area contributed by atoms with E-state index in [-0.39, 0.29) is 24.2 Å². The van der Waals surface area contributed by atoms with E-state index in [2.05, 4.69) is 17.1 Å². The second kappa shape index (κ2) is 6.02. The molecule has 18 heavy (non-hydrogen) atoms. The fourth-order valence-electron chi connectivity index (χ4n) is 3.32. The van der Waals surface area contributed by atoms with Gasteiger partial charge in [-0.25, -0.2) is 0 Å². The minimum absolute atomic E-state index is 0.0272. The van der Waals surface area contributed by atoms with Gasteiger partial charge >= 0.3 is 0 Å². The molecule has 1 heterocycles. The first-order valence-electron chi connectivity index (χ1n) is 7.22. The molecule has 0 aromatic rings. The van der Waals surface area contributed by atoms with Gasteiger partial charge in [-0.05, 0) is 39.0 Å². The van der Waals surface area contributed by atoms with Gasteiger partial charge in [0.05, 0.1) is 12.2 Å². The highest BCUT2D eigenvalue weighted by Gasteiger charge is 2.43. The first-order valence-corrected chi connectivity index (χ1v) is 7.22. The molecule has 4 nitrogen and oxygen atoms in total. The summed E-state index contributed by atoms with van der Waals surface area (Å²) < 4.78 is 5.14. The van der Waals surface area contributed by atoms with E-state index in [1.807, 2.05) is 6.92 Å². The number of rotatable bonds is 5. The summed E-state index contributed by atoms with van der Waals surface area (Å²) in [5.74, 6) is 0.902. The Morgan fingerprint density at radius 3 is 2.72 bits per heavy atom. The Balaban J connectivity index is 2.04. The van der Waals surface area contributed by atoms with Crippen molar-refractivity contribution in [2.45, 2.75) is 64.2 Å². The molecule has 1 aliphatic carbocycles. The number of hydrogen-bond acceptors (Lipinski definition) is 3. The molecule has 2 aliphatic rings. The third-order valence-corrected chi connectivity index (χ3v) is 4.41. The molecule has 2 fully saturated rings. The van der Waals surface area contributed by atoms with E-state index in [0.717, 1.165) is 13.0 Å². The number of nitrogens with zero attached hydrogens (tertiary/aromatic N) is 1. The average molecular weight is 254 g/mol. The van der Waals surface area contributed by atoms with E-state index in [0.29, 0.717) is 5.92 Å². The largest absolute Gasteiger partial charge is 0.385 e. The normalized spacial score (nSPS) is 31.3. The summed E-state index contributed by atoms with van der Waals surface area (Å²) in [6, 6.07) is 0.237. The molecule has 2 rings (SSSR count). The van der Waals surface area contributed by atoms with Crippen molar-refractivity contribution in [1.29, 1.82) is 0 Å². The molecule has 0 aromatic heterocycles. The molecule has 1 N–H and O–H groups in total. The minimum atomic E-state index is -0.0272. The van der Waals surface area contributed by atoms with Crippen molar-refractivity contribution in [2.24, 2.45) is 5.92 Å². The van der Waals surface area contributed by atoms with Crippen LogP contribution in [-0.2, 0) is 9.53 Å². The van der Waals surface area contributed by atoms with Crippen LogP contribution in [0.25, 0.3) is 0 Å².